The van der Waals surface area contributed by atoms with Crippen molar-refractivity contribution >= 4 is 33.3 Å². The van der Waals surface area contributed by atoms with Gasteiger partial charge < -0.3 is 10.6 Å². The third-order valence-corrected chi connectivity index (χ3v) is 3.41. The molecule has 2 N–H and O–H groups in total. The fraction of sp³-hybridized carbons (Fsp3) is 0.231. The first-order valence-electron chi connectivity index (χ1n) is 5.78. The van der Waals surface area contributed by atoms with E-state index in [-0.39, 0.29) is 0 Å². The summed E-state index contributed by atoms with van der Waals surface area (Å²) in [5.74, 6) is 1.60. The van der Waals surface area contributed by atoms with E-state index in [4.69, 9.17) is 0 Å². The number of benzene rings is 1. The van der Waals surface area contributed by atoms with Crippen LogP contribution in [0.3, 0.4) is 0 Å². The smallest absolute Gasteiger partial charge is 0.135 e. The highest BCUT2D eigenvalue weighted by molar-refractivity contribution is 9.10. The molecule has 0 unspecified atom stereocenters. The SMILES string of the molecule is CCNc1cc(Nc2cccc(Br)c2C)ncn1. The summed E-state index contributed by atoms with van der Waals surface area (Å²) >= 11 is 3.51. The first kappa shape index (κ1) is 12.8. The molecule has 0 aliphatic rings. The Morgan fingerprint density at radius 1 is 1.22 bits per heavy atom. The van der Waals surface area contributed by atoms with Crippen molar-refractivity contribution < 1.29 is 0 Å². The van der Waals surface area contributed by atoms with Gasteiger partial charge in [0, 0.05) is 22.8 Å². The summed E-state index contributed by atoms with van der Waals surface area (Å²) in [7, 11) is 0. The molecule has 1 aromatic heterocycles. The summed E-state index contributed by atoms with van der Waals surface area (Å²) in [6, 6.07) is 7.93. The van der Waals surface area contributed by atoms with Gasteiger partial charge in [0.05, 0.1) is 0 Å². The predicted octanol–water partition coefficient (Wildman–Crippen LogP) is 3.72. The van der Waals surface area contributed by atoms with E-state index in [9.17, 15) is 0 Å². The second-order valence-electron chi connectivity index (χ2n) is 3.86. The van der Waals surface area contributed by atoms with E-state index in [1.807, 2.05) is 31.2 Å². The van der Waals surface area contributed by atoms with Crippen molar-refractivity contribution in [1.29, 1.82) is 0 Å². The average molecular weight is 307 g/mol. The molecule has 0 amide bonds. The van der Waals surface area contributed by atoms with E-state index < -0.39 is 0 Å². The van der Waals surface area contributed by atoms with Gasteiger partial charge >= 0.3 is 0 Å². The molecule has 94 valence electrons. The number of nitrogens with one attached hydrogen (secondary N) is 2. The second-order valence-corrected chi connectivity index (χ2v) is 4.71. The summed E-state index contributed by atoms with van der Waals surface area (Å²) in [6.45, 7) is 4.93. The average Bonchev–Trinajstić information content (AvgIpc) is 2.36. The zero-order chi connectivity index (χ0) is 13.0. The minimum atomic E-state index is 0.780. The van der Waals surface area contributed by atoms with Crippen LogP contribution in [0.2, 0.25) is 0 Å². The van der Waals surface area contributed by atoms with Gasteiger partial charge in [-0.2, -0.15) is 0 Å². The maximum absolute atomic E-state index is 4.21. The first-order chi connectivity index (χ1) is 8.70. The third-order valence-electron chi connectivity index (χ3n) is 2.56. The van der Waals surface area contributed by atoms with E-state index in [1.54, 1.807) is 6.33 Å². The normalized spacial score (nSPS) is 10.2. The lowest BCUT2D eigenvalue weighted by molar-refractivity contribution is 1.11. The zero-order valence-corrected chi connectivity index (χ0v) is 12.0. The molecule has 2 aromatic rings. The van der Waals surface area contributed by atoms with Crippen LogP contribution in [0.15, 0.2) is 35.1 Å². The molecule has 0 radical (unpaired) electrons. The molecule has 2 rings (SSSR count). The molecule has 4 nitrogen and oxygen atoms in total. The summed E-state index contributed by atoms with van der Waals surface area (Å²) in [5, 5.41) is 6.45. The molecule has 0 fully saturated rings. The van der Waals surface area contributed by atoms with Crippen LogP contribution in [0.5, 0.6) is 0 Å². The molecule has 1 heterocycles. The van der Waals surface area contributed by atoms with Gasteiger partial charge in [-0.3, -0.25) is 0 Å². The van der Waals surface area contributed by atoms with Crippen molar-refractivity contribution in [2.75, 3.05) is 17.2 Å². The molecule has 0 spiro atoms. The standard InChI is InChI=1S/C13H15BrN4/c1-3-15-12-7-13(17-8-16-12)18-11-6-4-5-10(14)9(11)2/h4-8H,3H2,1-2H3,(H2,15,16,17,18). The molecular weight excluding hydrogens is 292 g/mol. The van der Waals surface area contributed by atoms with Crippen molar-refractivity contribution in [3.05, 3.63) is 40.6 Å². The Morgan fingerprint density at radius 3 is 2.78 bits per heavy atom. The fourth-order valence-electron chi connectivity index (χ4n) is 1.58. The fourth-order valence-corrected chi connectivity index (χ4v) is 1.95. The Hall–Kier alpha value is -1.62. The van der Waals surface area contributed by atoms with Gasteiger partial charge in [-0.25, -0.2) is 9.97 Å². The monoisotopic (exact) mass is 306 g/mol. The molecule has 5 heteroatoms. The van der Waals surface area contributed by atoms with Gasteiger partial charge in [-0.1, -0.05) is 22.0 Å². The van der Waals surface area contributed by atoms with E-state index in [0.717, 1.165) is 33.9 Å². The second kappa shape index (κ2) is 5.82. The van der Waals surface area contributed by atoms with Crippen LogP contribution in [-0.2, 0) is 0 Å². The highest BCUT2D eigenvalue weighted by Crippen LogP contribution is 2.26. The lowest BCUT2D eigenvalue weighted by atomic mass is 10.2. The Morgan fingerprint density at radius 2 is 2.00 bits per heavy atom. The van der Waals surface area contributed by atoms with Crippen molar-refractivity contribution in [2.45, 2.75) is 13.8 Å². The van der Waals surface area contributed by atoms with Gasteiger partial charge in [0.25, 0.3) is 0 Å². The van der Waals surface area contributed by atoms with Crippen LogP contribution in [0.25, 0.3) is 0 Å². The largest absolute Gasteiger partial charge is 0.370 e. The van der Waals surface area contributed by atoms with Crippen LogP contribution in [-0.4, -0.2) is 16.5 Å². The minimum absolute atomic E-state index is 0.780. The molecule has 0 saturated heterocycles. The maximum atomic E-state index is 4.21. The van der Waals surface area contributed by atoms with E-state index in [2.05, 4.69) is 43.5 Å². The lowest BCUT2D eigenvalue weighted by Crippen LogP contribution is -2.02. The van der Waals surface area contributed by atoms with Crippen LogP contribution >= 0.6 is 15.9 Å². The molecule has 0 aliphatic carbocycles. The Kier molecular flexibility index (Phi) is 4.15. The van der Waals surface area contributed by atoms with E-state index >= 15 is 0 Å². The Bertz CT molecular complexity index is 542. The number of rotatable bonds is 4. The van der Waals surface area contributed by atoms with Crippen molar-refractivity contribution in [2.24, 2.45) is 0 Å². The van der Waals surface area contributed by atoms with Crippen LogP contribution in [0.4, 0.5) is 17.3 Å². The van der Waals surface area contributed by atoms with Crippen LogP contribution < -0.4 is 10.6 Å². The summed E-state index contributed by atoms with van der Waals surface area (Å²) < 4.78 is 1.08. The number of halogens is 1. The third kappa shape index (κ3) is 2.98. The van der Waals surface area contributed by atoms with E-state index in [0.29, 0.717) is 0 Å². The lowest BCUT2D eigenvalue weighted by Gasteiger charge is -2.10. The molecular formula is C13H15BrN4. The number of anilines is 3. The Labute approximate surface area is 115 Å². The van der Waals surface area contributed by atoms with Gasteiger partial charge in [-0.15, -0.1) is 0 Å². The Balaban J connectivity index is 2.23. The summed E-state index contributed by atoms with van der Waals surface area (Å²) in [6.07, 6.45) is 1.55. The summed E-state index contributed by atoms with van der Waals surface area (Å²) in [4.78, 5) is 8.35. The highest BCUT2D eigenvalue weighted by atomic mass is 79.9. The molecule has 18 heavy (non-hydrogen) atoms. The van der Waals surface area contributed by atoms with Crippen LogP contribution in [0, 0.1) is 6.92 Å². The predicted molar refractivity (Wildman–Crippen MR) is 78.4 cm³/mol. The maximum Gasteiger partial charge on any atom is 0.135 e. The van der Waals surface area contributed by atoms with Crippen LogP contribution in [0.1, 0.15) is 12.5 Å². The summed E-state index contributed by atoms with van der Waals surface area (Å²) in [5.41, 5.74) is 2.19. The van der Waals surface area contributed by atoms with Crippen molar-refractivity contribution in [3.63, 3.8) is 0 Å². The molecule has 0 bridgehead atoms. The first-order valence-corrected chi connectivity index (χ1v) is 6.58. The number of aromatic nitrogens is 2. The van der Waals surface area contributed by atoms with Gasteiger partial charge in [0.1, 0.15) is 18.0 Å². The minimum Gasteiger partial charge on any atom is -0.370 e. The number of hydrogen-bond donors (Lipinski definition) is 2. The molecule has 1 aromatic carbocycles. The zero-order valence-electron chi connectivity index (χ0n) is 10.4. The van der Waals surface area contributed by atoms with E-state index in [1.165, 1.54) is 0 Å². The van der Waals surface area contributed by atoms with Gasteiger partial charge in [0.15, 0.2) is 0 Å². The highest BCUT2D eigenvalue weighted by Gasteiger charge is 2.03. The molecule has 0 aliphatic heterocycles. The number of hydrogen-bond acceptors (Lipinski definition) is 4. The topological polar surface area (TPSA) is 49.8 Å². The quantitative estimate of drug-likeness (QED) is 0.904. The van der Waals surface area contributed by atoms with Crippen molar-refractivity contribution in [1.82, 2.24) is 9.97 Å². The van der Waals surface area contributed by atoms with Gasteiger partial charge in [-0.05, 0) is 31.5 Å². The molecule has 0 atom stereocenters. The number of nitrogens with zero attached hydrogens (tertiary/aromatic N) is 2. The van der Waals surface area contributed by atoms with Crippen molar-refractivity contribution in [3.8, 4) is 0 Å². The van der Waals surface area contributed by atoms with Gasteiger partial charge in [0.2, 0.25) is 0 Å². The molecule has 0 saturated carbocycles.